The lowest BCUT2D eigenvalue weighted by Gasteiger charge is -2.13. The fourth-order valence-electron chi connectivity index (χ4n) is 2.42. The van der Waals surface area contributed by atoms with Gasteiger partial charge in [0.25, 0.3) is 0 Å². The van der Waals surface area contributed by atoms with Gasteiger partial charge in [-0.25, -0.2) is 4.98 Å². The molecule has 1 atom stereocenters. The second-order valence-corrected chi connectivity index (χ2v) is 4.87. The van der Waals surface area contributed by atoms with E-state index in [1.54, 1.807) is 12.5 Å². The van der Waals surface area contributed by atoms with Gasteiger partial charge in [0, 0.05) is 19.0 Å². The van der Waals surface area contributed by atoms with Crippen LogP contribution in [0.1, 0.15) is 19.3 Å². The van der Waals surface area contributed by atoms with Gasteiger partial charge in [-0.1, -0.05) is 12.1 Å². The number of imidazole rings is 1. The monoisotopic (exact) mass is 271 g/mol. The first-order valence-corrected chi connectivity index (χ1v) is 6.82. The largest absolute Gasteiger partial charge is 0.378 e. The van der Waals surface area contributed by atoms with Crippen molar-refractivity contribution in [3.05, 3.63) is 43.0 Å². The molecule has 1 aliphatic rings. The minimum absolute atomic E-state index is 0.00975. The Hall–Kier alpha value is -2.14. The molecule has 2 aromatic rings. The number of hydrogen-bond donors (Lipinski definition) is 1. The van der Waals surface area contributed by atoms with Crippen LogP contribution in [0, 0.1) is 0 Å². The SMILES string of the molecule is O=C(CC1CCCO1)Nc1ccccc1-n1ccnc1. The number of para-hydroxylation sites is 2. The highest BCUT2D eigenvalue weighted by atomic mass is 16.5. The Labute approximate surface area is 117 Å². The number of anilines is 1. The van der Waals surface area contributed by atoms with Gasteiger partial charge in [-0.05, 0) is 25.0 Å². The summed E-state index contributed by atoms with van der Waals surface area (Å²) in [6.07, 6.45) is 7.77. The van der Waals surface area contributed by atoms with Crippen molar-refractivity contribution in [3.8, 4) is 5.69 Å². The molecule has 1 unspecified atom stereocenters. The number of amides is 1. The van der Waals surface area contributed by atoms with Crippen molar-refractivity contribution in [1.82, 2.24) is 9.55 Å². The molecule has 1 fully saturated rings. The molecule has 3 rings (SSSR count). The number of benzene rings is 1. The maximum Gasteiger partial charge on any atom is 0.227 e. The van der Waals surface area contributed by atoms with Gasteiger partial charge in [-0.2, -0.15) is 0 Å². The minimum atomic E-state index is -0.00975. The molecule has 2 heterocycles. The first-order valence-electron chi connectivity index (χ1n) is 6.82. The Balaban J connectivity index is 1.72. The maximum absolute atomic E-state index is 12.1. The van der Waals surface area contributed by atoms with Gasteiger partial charge in [0.05, 0.1) is 30.2 Å². The van der Waals surface area contributed by atoms with E-state index >= 15 is 0 Å². The van der Waals surface area contributed by atoms with Crippen molar-refractivity contribution in [3.63, 3.8) is 0 Å². The van der Waals surface area contributed by atoms with E-state index in [9.17, 15) is 4.79 Å². The van der Waals surface area contributed by atoms with Gasteiger partial charge >= 0.3 is 0 Å². The quantitative estimate of drug-likeness (QED) is 0.929. The third-order valence-electron chi connectivity index (χ3n) is 3.40. The van der Waals surface area contributed by atoms with Crippen LogP contribution in [-0.2, 0) is 9.53 Å². The Morgan fingerprint density at radius 3 is 3.10 bits per heavy atom. The van der Waals surface area contributed by atoms with Crippen LogP contribution in [0.5, 0.6) is 0 Å². The zero-order chi connectivity index (χ0) is 13.8. The predicted molar refractivity (Wildman–Crippen MR) is 75.8 cm³/mol. The molecule has 1 saturated heterocycles. The van der Waals surface area contributed by atoms with Gasteiger partial charge < -0.3 is 14.6 Å². The maximum atomic E-state index is 12.1. The van der Waals surface area contributed by atoms with Crippen molar-refractivity contribution in [2.24, 2.45) is 0 Å². The highest BCUT2D eigenvalue weighted by molar-refractivity contribution is 5.93. The number of ether oxygens (including phenoxy) is 1. The second-order valence-electron chi connectivity index (χ2n) is 4.87. The van der Waals surface area contributed by atoms with Crippen LogP contribution in [-0.4, -0.2) is 28.2 Å². The van der Waals surface area contributed by atoms with Gasteiger partial charge in [-0.3, -0.25) is 4.79 Å². The van der Waals surface area contributed by atoms with E-state index in [-0.39, 0.29) is 12.0 Å². The Morgan fingerprint density at radius 2 is 2.35 bits per heavy atom. The van der Waals surface area contributed by atoms with Crippen LogP contribution in [0.15, 0.2) is 43.0 Å². The number of nitrogens with zero attached hydrogens (tertiary/aromatic N) is 2. The minimum Gasteiger partial charge on any atom is -0.378 e. The highest BCUT2D eigenvalue weighted by Crippen LogP contribution is 2.21. The Morgan fingerprint density at radius 1 is 1.45 bits per heavy atom. The van der Waals surface area contributed by atoms with Gasteiger partial charge in [0.15, 0.2) is 0 Å². The molecule has 1 aliphatic heterocycles. The van der Waals surface area contributed by atoms with Gasteiger partial charge in [-0.15, -0.1) is 0 Å². The molecule has 20 heavy (non-hydrogen) atoms. The summed E-state index contributed by atoms with van der Waals surface area (Å²) in [5.41, 5.74) is 1.69. The summed E-state index contributed by atoms with van der Waals surface area (Å²) >= 11 is 0. The molecule has 0 saturated carbocycles. The summed E-state index contributed by atoms with van der Waals surface area (Å²) in [5, 5.41) is 2.96. The Kier molecular flexibility index (Phi) is 3.78. The van der Waals surface area contributed by atoms with Crippen LogP contribution in [0.4, 0.5) is 5.69 Å². The van der Waals surface area contributed by atoms with Crippen molar-refractivity contribution in [1.29, 1.82) is 0 Å². The standard InChI is InChI=1S/C15H17N3O2/c19-15(10-12-4-3-9-20-12)17-13-5-1-2-6-14(13)18-8-7-16-11-18/h1-2,5-8,11-12H,3-4,9-10H2,(H,17,19). The molecule has 5 nitrogen and oxygen atoms in total. The molecule has 1 aromatic heterocycles. The number of aromatic nitrogens is 2. The molecule has 104 valence electrons. The Bertz CT molecular complexity index is 575. The number of nitrogens with one attached hydrogen (secondary N) is 1. The van der Waals surface area contributed by atoms with Gasteiger partial charge in [0.1, 0.15) is 0 Å². The summed E-state index contributed by atoms with van der Waals surface area (Å²) in [5.74, 6) is -0.00975. The summed E-state index contributed by atoms with van der Waals surface area (Å²) in [7, 11) is 0. The molecule has 0 bridgehead atoms. The van der Waals surface area contributed by atoms with Gasteiger partial charge in [0.2, 0.25) is 5.91 Å². The second kappa shape index (κ2) is 5.88. The van der Waals surface area contributed by atoms with Crippen LogP contribution in [0.2, 0.25) is 0 Å². The molecular formula is C15H17N3O2. The van der Waals surface area contributed by atoms with E-state index in [4.69, 9.17) is 4.74 Å². The molecule has 5 heteroatoms. The van der Waals surface area contributed by atoms with E-state index < -0.39 is 0 Å². The average molecular weight is 271 g/mol. The van der Waals surface area contributed by atoms with Crippen molar-refractivity contribution in [2.45, 2.75) is 25.4 Å². The van der Waals surface area contributed by atoms with Crippen molar-refractivity contribution in [2.75, 3.05) is 11.9 Å². The summed E-state index contributed by atoms with van der Waals surface area (Å²) in [6, 6.07) is 7.68. The number of carbonyl (C=O) groups is 1. The number of rotatable bonds is 4. The van der Waals surface area contributed by atoms with Crippen molar-refractivity contribution >= 4 is 11.6 Å². The normalized spacial score (nSPS) is 18.1. The zero-order valence-corrected chi connectivity index (χ0v) is 11.2. The van der Waals surface area contributed by atoms with Crippen LogP contribution in [0.25, 0.3) is 5.69 Å². The average Bonchev–Trinajstić information content (AvgIpc) is 3.11. The molecule has 0 radical (unpaired) electrons. The number of carbonyl (C=O) groups excluding carboxylic acids is 1. The highest BCUT2D eigenvalue weighted by Gasteiger charge is 2.19. The number of hydrogen-bond acceptors (Lipinski definition) is 3. The zero-order valence-electron chi connectivity index (χ0n) is 11.2. The summed E-state index contributed by atoms with van der Waals surface area (Å²) < 4.78 is 7.36. The molecule has 1 aromatic carbocycles. The lowest BCUT2D eigenvalue weighted by atomic mass is 10.1. The topological polar surface area (TPSA) is 56.1 Å². The van der Waals surface area contributed by atoms with E-state index in [1.807, 2.05) is 35.0 Å². The van der Waals surface area contributed by atoms with Crippen LogP contribution in [0.3, 0.4) is 0 Å². The molecule has 1 amide bonds. The van der Waals surface area contributed by atoms with Crippen LogP contribution < -0.4 is 5.32 Å². The van der Waals surface area contributed by atoms with Crippen molar-refractivity contribution < 1.29 is 9.53 Å². The van der Waals surface area contributed by atoms with E-state index in [1.165, 1.54) is 0 Å². The first-order chi connectivity index (χ1) is 9.83. The fraction of sp³-hybridized carbons (Fsp3) is 0.333. The first kappa shape index (κ1) is 12.9. The lowest BCUT2D eigenvalue weighted by Crippen LogP contribution is -2.20. The molecule has 0 aliphatic carbocycles. The molecular weight excluding hydrogens is 254 g/mol. The smallest absolute Gasteiger partial charge is 0.227 e. The van der Waals surface area contributed by atoms with E-state index in [0.717, 1.165) is 30.8 Å². The molecule has 0 spiro atoms. The van der Waals surface area contributed by atoms with Crippen LogP contribution >= 0.6 is 0 Å². The third-order valence-corrected chi connectivity index (χ3v) is 3.40. The predicted octanol–water partition coefficient (Wildman–Crippen LogP) is 2.38. The summed E-state index contributed by atoms with van der Waals surface area (Å²) in [4.78, 5) is 16.1. The lowest BCUT2D eigenvalue weighted by molar-refractivity contribution is -0.118. The third kappa shape index (κ3) is 2.88. The molecule has 1 N–H and O–H groups in total. The van der Waals surface area contributed by atoms with E-state index in [0.29, 0.717) is 6.42 Å². The van der Waals surface area contributed by atoms with E-state index in [2.05, 4.69) is 10.3 Å². The fourth-order valence-corrected chi connectivity index (χ4v) is 2.42. The summed E-state index contributed by atoms with van der Waals surface area (Å²) in [6.45, 7) is 0.767.